The van der Waals surface area contributed by atoms with E-state index in [1.807, 2.05) is 12.1 Å². The highest BCUT2D eigenvalue weighted by atomic mass is 16.4. The van der Waals surface area contributed by atoms with Crippen LogP contribution in [0.4, 0.5) is 0 Å². The van der Waals surface area contributed by atoms with Gasteiger partial charge in [0.25, 0.3) is 5.56 Å². The number of fused-ring (bicyclic) bond motifs is 1. The molecule has 0 saturated heterocycles. The van der Waals surface area contributed by atoms with Crippen LogP contribution in [0.2, 0.25) is 0 Å². The molecule has 0 aliphatic rings. The third kappa shape index (κ3) is 5.15. The highest BCUT2D eigenvalue weighted by molar-refractivity contribution is 5.83. The number of amides is 1. The first-order chi connectivity index (χ1) is 12.4. The minimum absolute atomic E-state index is 0.0606. The summed E-state index contributed by atoms with van der Waals surface area (Å²) in [6.45, 7) is 4.06. The van der Waals surface area contributed by atoms with Crippen molar-refractivity contribution in [2.45, 2.75) is 52.1 Å². The Morgan fingerprint density at radius 3 is 2.62 bits per heavy atom. The monoisotopic (exact) mass is 359 g/mol. The summed E-state index contributed by atoms with van der Waals surface area (Å²) in [5.74, 6) is -1.43. The van der Waals surface area contributed by atoms with E-state index in [2.05, 4.69) is 10.3 Å². The van der Waals surface area contributed by atoms with Gasteiger partial charge in [0, 0.05) is 13.0 Å². The van der Waals surface area contributed by atoms with Crippen molar-refractivity contribution in [2.24, 2.45) is 5.92 Å². The molecule has 0 aliphatic heterocycles. The van der Waals surface area contributed by atoms with E-state index in [1.165, 1.54) is 0 Å². The van der Waals surface area contributed by atoms with Crippen LogP contribution in [0.1, 0.15) is 39.5 Å². The molecule has 1 heterocycles. The SMILES string of the molecule is CC(C)C(NC(=O)CCCCCn1cnc2ccccc2c1=O)C(=O)O. The Labute approximate surface area is 152 Å². The number of hydrogen-bond acceptors (Lipinski definition) is 4. The number of aromatic nitrogens is 2. The fourth-order valence-corrected chi connectivity index (χ4v) is 2.77. The Hall–Kier alpha value is -2.70. The Balaban J connectivity index is 1.77. The number of nitrogens with zero attached hydrogens (tertiary/aromatic N) is 2. The van der Waals surface area contributed by atoms with E-state index < -0.39 is 12.0 Å². The van der Waals surface area contributed by atoms with Crippen molar-refractivity contribution in [3.05, 3.63) is 40.9 Å². The molecule has 7 heteroatoms. The van der Waals surface area contributed by atoms with E-state index in [0.29, 0.717) is 23.9 Å². The van der Waals surface area contributed by atoms with Crippen LogP contribution in [-0.2, 0) is 16.1 Å². The molecule has 0 spiro atoms. The van der Waals surface area contributed by atoms with Gasteiger partial charge in [0.05, 0.1) is 17.2 Å². The first kappa shape index (κ1) is 19.6. The largest absolute Gasteiger partial charge is 0.480 e. The molecule has 0 saturated carbocycles. The molecule has 7 nitrogen and oxygen atoms in total. The van der Waals surface area contributed by atoms with E-state index in [-0.39, 0.29) is 23.8 Å². The van der Waals surface area contributed by atoms with Crippen molar-refractivity contribution in [1.29, 1.82) is 0 Å². The molecule has 0 aliphatic carbocycles. The van der Waals surface area contributed by atoms with Crippen molar-refractivity contribution in [3.63, 3.8) is 0 Å². The van der Waals surface area contributed by atoms with Crippen LogP contribution in [0.15, 0.2) is 35.4 Å². The van der Waals surface area contributed by atoms with Crippen molar-refractivity contribution >= 4 is 22.8 Å². The molecule has 1 aromatic heterocycles. The molecule has 2 N–H and O–H groups in total. The number of nitrogens with one attached hydrogen (secondary N) is 1. The molecular weight excluding hydrogens is 334 g/mol. The molecule has 1 unspecified atom stereocenters. The van der Waals surface area contributed by atoms with E-state index >= 15 is 0 Å². The molecule has 1 aromatic carbocycles. The van der Waals surface area contributed by atoms with Gasteiger partial charge >= 0.3 is 5.97 Å². The summed E-state index contributed by atoms with van der Waals surface area (Å²) in [5.41, 5.74) is 0.623. The van der Waals surface area contributed by atoms with Gasteiger partial charge in [-0.15, -0.1) is 0 Å². The predicted octanol–water partition coefficient (Wildman–Crippen LogP) is 2.18. The molecule has 1 amide bonds. The standard InChI is InChI=1S/C19H25N3O4/c1-13(2)17(19(25)26)21-16(23)10-4-3-7-11-22-12-20-15-9-6-5-8-14(15)18(22)24/h5-6,8-9,12-13,17H,3-4,7,10-11H2,1-2H3,(H,21,23)(H,25,26). The van der Waals surface area contributed by atoms with Crippen LogP contribution in [-0.4, -0.2) is 32.6 Å². The number of hydrogen-bond donors (Lipinski definition) is 2. The fourth-order valence-electron chi connectivity index (χ4n) is 2.77. The Kier molecular flexibility index (Phi) is 6.89. The van der Waals surface area contributed by atoms with Crippen molar-refractivity contribution in [1.82, 2.24) is 14.9 Å². The second kappa shape index (κ2) is 9.12. The van der Waals surface area contributed by atoms with Crippen LogP contribution < -0.4 is 10.9 Å². The van der Waals surface area contributed by atoms with Gasteiger partial charge in [-0.25, -0.2) is 9.78 Å². The average molecular weight is 359 g/mol. The minimum Gasteiger partial charge on any atom is -0.480 e. The van der Waals surface area contributed by atoms with Crippen molar-refractivity contribution in [3.8, 4) is 0 Å². The summed E-state index contributed by atoms with van der Waals surface area (Å²) in [7, 11) is 0. The zero-order valence-electron chi connectivity index (χ0n) is 15.1. The summed E-state index contributed by atoms with van der Waals surface area (Å²) < 4.78 is 1.58. The molecule has 0 radical (unpaired) electrons. The molecule has 2 rings (SSSR count). The molecule has 2 aromatic rings. The highest BCUT2D eigenvalue weighted by Gasteiger charge is 2.22. The average Bonchev–Trinajstić information content (AvgIpc) is 2.60. The summed E-state index contributed by atoms with van der Waals surface area (Å²) in [6, 6.07) is 6.37. The molecule has 0 fully saturated rings. The maximum Gasteiger partial charge on any atom is 0.326 e. The minimum atomic E-state index is -1.02. The lowest BCUT2D eigenvalue weighted by Gasteiger charge is -2.17. The van der Waals surface area contributed by atoms with Gasteiger partial charge in [0.2, 0.25) is 5.91 Å². The number of carboxylic acid groups (broad SMARTS) is 1. The van der Waals surface area contributed by atoms with Gasteiger partial charge in [0.15, 0.2) is 0 Å². The first-order valence-electron chi connectivity index (χ1n) is 8.86. The Bertz CT molecular complexity index is 829. The summed E-state index contributed by atoms with van der Waals surface area (Å²) >= 11 is 0. The lowest BCUT2D eigenvalue weighted by atomic mass is 10.0. The van der Waals surface area contributed by atoms with E-state index in [9.17, 15) is 14.4 Å². The third-order valence-corrected chi connectivity index (χ3v) is 4.28. The van der Waals surface area contributed by atoms with E-state index in [1.54, 1.807) is 36.9 Å². The summed E-state index contributed by atoms with van der Waals surface area (Å²) in [6.07, 6.45) is 4.00. The van der Waals surface area contributed by atoms with Gasteiger partial charge in [-0.05, 0) is 30.9 Å². The maximum atomic E-state index is 12.4. The van der Waals surface area contributed by atoms with Crippen LogP contribution in [0, 0.1) is 5.92 Å². The second-order valence-corrected chi connectivity index (χ2v) is 6.70. The lowest BCUT2D eigenvalue weighted by Crippen LogP contribution is -2.44. The number of benzene rings is 1. The van der Waals surface area contributed by atoms with Gasteiger partial charge in [-0.2, -0.15) is 0 Å². The normalized spacial score (nSPS) is 12.3. The van der Waals surface area contributed by atoms with Crippen LogP contribution in [0.5, 0.6) is 0 Å². The number of rotatable bonds is 9. The van der Waals surface area contributed by atoms with E-state index in [4.69, 9.17) is 5.11 Å². The molecule has 140 valence electrons. The molecule has 1 atom stereocenters. The number of aliphatic carboxylic acids is 1. The van der Waals surface area contributed by atoms with Crippen LogP contribution >= 0.6 is 0 Å². The number of carbonyl (C=O) groups is 2. The molecule has 26 heavy (non-hydrogen) atoms. The Morgan fingerprint density at radius 2 is 1.92 bits per heavy atom. The lowest BCUT2D eigenvalue weighted by molar-refractivity contribution is -0.143. The van der Waals surface area contributed by atoms with Crippen LogP contribution in [0.25, 0.3) is 10.9 Å². The number of unbranched alkanes of at least 4 members (excludes halogenated alkanes) is 2. The maximum absolute atomic E-state index is 12.4. The van der Waals surface area contributed by atoms with Crippen LogP contribution in [0.3, 0.4) is 0 Å². The zero-order chi connectivity index (χ0) is 19.1. The van der Waals surface area contributed by atoms with Crippen molar-refractivity contribution in [2.75, 3.05) is 0 Å². The zero-order valence-corrected chi connectivity index (χ0v) is 15.1. The van der Waals surface area contributed by atoms with Gasteiger partial charge in [-0.3, -0.25) is 14.2 Å². The fraction of sp³-hybridized carbons (Fsp3) is 0.474. The molecule has 0 bridgehead atoms. The van der Waals surface area contributed by atoms with Gasteiger partial charge in [-0.1, -0.05) is 32.4 Å². The molecular formula is C19H25N3O4. The highest BCUT2D eigenvalue weighted by Crippen LogP contribution is 2.07. The first-order valence-corrected chi connectivity index (χ1v) is 8.86. The van der Waals surface area contributed by atoms with E-state index in [0.717, 1.165) is 12.8 Å². The smallest absolute Gasteiger partial charge is 0.326 e. The summed E-state index contributed by atoms with van der Waals surface area (Å²) in [4.78, 5) is 39.6. The number of carboxylic acids is 1. The number of para-hydroxylation sites is 1. The quantitative estimate of drug-likeness (QED) is 0.668. The predicted molar refractivity (Wildman–Crippen MR) is 98.9 cm³/mol. The third-order valence-electron chi connectivity index (χ3n) is 4.28. The number of carbonyl (C=O) groups excluding carboxylic acids is 1. The summed E-state index contributed by atoms with van der Waals surface area (Å²) in [5, 5.41) is 12.2. The Morgan fingerprint density at radius 1 is 1.19 bits per heavy atom. The second-order valence-electron chi connectivity index (χ2n) is 6.70. The number of aryl methyl sites for hydroxylation is 1. The van der Waals surface area contributed by atoms with Crippen molar-refractivity contribution < 1.29 is 14.7 Å². The van der Waals surface area contributed by atoms with Gasteiger partial charge in [0.1, 0.15) is 6.04 Å². The topological polar surface area (TPSA) is 101 Å². The van der Waals surface area contributed by atoms with Gasteiger partial charge < -0.3 is 10.4 Å².